The highest BCUT2D eigenvalue weighted by molar-refractivity contribution is 8.01. The zero-order valence-corrected chi connectivity index (χ0v) is 17.3. The first-order valence-corrected chi connectivity index (χ1v) is 11.8. The average molecular weight is 425 g/mol. The number of carbonyl (C=O) groups excluding carboxylic acids is 2. The fourth-order valence-corrected chi connectivity index (χ4v) is 5.79. The van der Waals surface area contributed by atoms with Crippen LogP contribution in [-0.2, 0) is 26.0 Å². The van der Waals surface area contributed by atoms with E-state index in [4.69, 9.17) is 0 Å². The van der Waals surface area contributed by atoms with Crippen LogP contribution in [0.2, 0.25) is 0 Å². The second kappa shape index (κ2) is 8.04. The summed E-state index contributed by atoms with van der Waals surface area (Å²) in [6, 6.07) is 8.50. The maximum absolute atomic E-state index is 12.7. The molecule has 1 aromatic carbocycles. The Balaban J connectivity index is 1.68. The van der Waals surface area contributed by atoms with Crippen molar-refractivity contribution >= 4 is 50.4 Å². The van der Waals surface area contributed by atoms with Crippen molar-refractivity contribution in [3.05, 3.63) is 40.6 Å². The van der Waals surface area contributed by atoms with Gasteiger partial charge in [-0.3, -0.25) is 9.59 Å². The number of thiophene rings is 1. The number of carbonyl (C=O) groups is 2. The monoisotopic (exact) mass is 424 g/mol. The molecule has 0 unspecified atom stereocenters. The fraction of sp³-hybridized carbons (Fsp3) is 0.333. The van der Waals surface area contributed by atoms with Crippen LogP contribution in [0, 0.1) is 5.92 Å². The molecule has 1 aliphatic rings. The van der Waals surface area contributed by atoms with Gasteiger partial charge in [0.15, 0.2) is 9.84 Å². The Bertz CT molecular complexity index is 955. The third-order valence-corrected chi connectivity index (χ3v) is 8.14. The molecule has 0 bridgehead atoms. The predicted octanol–water partition coefficient (Wildman–Crippen LogP) is 2.91. The maximum atomic E-state index is 12.7. The number of nitrogens with one attached hydrogen (secondary N) is 2. The first kappa shape index (κ1) is 19.9. The zero-order valence-electron chi connectivity index (χ0n) is 14.9. The van der Waals surface area contributed by atoms with E-state index in [9.17, 15) is 18.0 Å². The lowest BCUT2D eigenvalue weighted by Crippen LogP contribution is -2.32. The Morgan fingerprint density at radius 1 is 1.33 bits per heavy atom. The molecule has 144 valence electrons. The molecule has 27 heavy (non-hydrogen) atoms. The van der Waals surface area contributed by atoms with Crippen LogP contribution >= 0.6 is 23.1 Å². The molecule has 0 spiro atoms. The van der Waals surface area contributed by atoms with Crippen molar-refractivity contribution in [1.82, 2.24) is 5.32 Å². The highest BCUT2D eigenvalue weighted by atomic mass is 32.2. The van der Waals surface area contributed by atoms with Gasteiger partial charge in [-0.05, 0) is 36.6 Å². The van der Waals surface area contributed by atoms with E-state index >= 15 is 0 Å². The third-order valence-electron chi connectivity index (χ3n) is 4.17. The van der Waals surface area contributed by atoms with Crippen LogP contribution in [0.3, 0.4) is 0 Å². The van der Waals surface area contributed by atoms with Gasteiger partial charge in [0, 0.05) is 15.7 Å². The molecule has 2 heterocycles. The van der Waals surface area contributed by atoms with Crippen LogP contribution in [0.4, 0.5) is 5.69 Å². The third kappa shape index (κ3) is 4.72. The Labute approximate surface area is 166 Å². The standard InChI is InChI=1S/C18H20N2O4S3/c1-11(17(21)19-9-13-4-3-7-25-13)10-27(23,24)14-5-6-16-15(8-14)20-18(22)12(2)26-16/h3-8,11-12H,9-10H2,1-2H3,(H,19,21)(H,20,22)/t11-,12-/m0/s1. The minimum absolute atomic E-state index is 0.106. The quantitative estimate of drug-likeness (QED) is 0.744. The molecule has 0 saturated carbocycles. The number of hydrogen-bond donors (Lipinski definition) is 2. The first-order valence-electron chi connectivity index (χ1n) is 8.40. The van der Waals surface area contributed by atoms with Crippen molar-refractivity contribution in [3.8, 4) is 0 Å². The number of anilines is 1. The van der Waals surface area contributed by atoms with Crippen molar-refractivity contribution in [2.75, 3.05) is 11.1 Å². The second-order valence-electron chi connectivity index (χ2n) is 6.39. The van der Waals surface area contributed by atoms with Gasteiger partial charge in [0.05, 0.1) is 28.1 Å². The minimum Gasteiger partial charge on any atom is -0.351 e. The molecular weight excluding hydrogens is 404 g/mol. The molecule has 2 amide bonds. The Hall–Kier alpha value is -1.84. The molecule has 0 fully saturated rings. The molecule has 2 atom stereocenters. The summed E-state index contributed by atoms with van der Waals surface area (Å²) in [7, 11) is -3.66. The van der Waals surface area contributed by atoms with Gasteiger partial charge in [-0.2, -0.15) is 0 Å². The number of amides is 2. The van der Waals surface area contributed by atoms with Crippen LogP contribution in [0.1, 0.15) is 18.7 Å². The van der Waals surface area contributed by atoms with Crippen LogP contribution < -0.4 is 10.6 Å². The molecule has 0 radical (unpaired) electrons. The molecule has 1 aromatic heterocycles. The average Bonchev–Trinajstić information content (AvgIpc) is 3.13. The van der Waals surface area contributed by atoms with E-state index in [1.165, 1.54) is 35.2 Å². The van der Waals surface area contributed by atoms with Gasteiger partial charge in [0.25, 0.3) is 0 Å². The van der Waals surface area contributed by atoms with E-state index in [1.807, 2.05) is 17.5 Å². The van der Waals surface area contributed by atoms with Gasteiger partial charge in [-0.25, -0.2) is 8.42 Å². The number of benzene rings is 1. The number of hydrogen-bond acceptors (Lipinski definition) is 6. The molecule has 0 aliphatic carbocycles. The van der Waals surface area contributed by atoms with Crippen LogP contribution in [-0.4, -0.2) is 31.2 Å². The predicted molar refractivity (Wildman–Crippen MR) is 108 cm³/mol. The lowest BCUT2D eigenvalue weighted by molar-refractivity contribution is -0.124. The Kier molecular flexibility index (Phi) is 5.92. The largest absolute Gasteiger partial charge is 0.351 e. The Morgan fingerprint density at radius 2 is 2.11 bits per heavy atom. The molecule has 9 heteroatoms. The van der Waals surface area contributed by atoms with Gasteiger partial charge in [0.2, 0.25) is 11.8 Å². The number of rotatable bonds is 6. The van der Waals surface area contributed by atoms with Crippen molar-refractivity contribution < 1.29 is 18.0 Å². The fourth-order valence-electron chi connectivity index (χ4n) is 2.64. The number of sulfone groups is 1. The topological polar surface area (TPSA) is 92.3 Å². The van der Waals surface area contributed by atoms with Crippen molar-refractivity contribution in [2.24, 2.45) is 5.92 Å². The lowest BCUT2D eigenvalue weighted by atomic mass is 10.2. The maximum Gasteiger partial charge on any atom is 0.237 e. The summed E-state index contributed by atoms with van der Waals surface area (Å²) in [5.74, 6) is -1.43. The van der Waals surface area contributed by atoms with Crippen LogP contribution in [0.15, 0.2) is 45.5 Å². The second-order valence-corrected chi connectivity index (χ2v) is 10.8. The van der Waals surface area contributed by atoms with Gasteiger partial charge in [0.1, 0.15) is 0 Å². The zero-order chi connectivity index (χ0) is 19.6. The van der Waals surface area contributed by atoms with Crippen molar-refractivity contribution in [3.63, 3.8) is 0 Å². The summed E-state index contributed by atoms with van der Waals surface area (Å²) in [5.41, 5.74) is 0.499. The number of thioether (sulfide) groups is 1. The van der Waals surface area contributed by atoms with Crippen molar-refractivity contribution in [1.29, 1.82) is 0 Å². The van der Waals surface area contributed by atoms with Crippen LogP contribution in [0.5, 0.6) is 0 Å². The smallest absolute Gasteiger partial charge is 0.237 e. The molecule has 2 N–H and O–H groups in total. The Morgan fingerprint density at radius 3 is 2.81 bits per heavy atom. The van der Waals surface area contributed by atoms with E-state index < -0.39 is 15.8 Å². The van der Waals surface area contributed by atoms with Crippen molar-refractivity contribution in [2.45, 2.75) is 35.4 Å². The molecule has 6 nitrogen and oxygen atoms in total. The van der Waals surface area contributed by atoms with Crippen LogP contribution in [0.25, 0.3) is 0 Å². The number of fused-ring (bicyclic) bond motifs is 1. The molecule has 3 rings (SSSR count). The van der Waals surface area contributed by atoms with Gasteiger partial charge >= 0.3 is 0 Å². The van der Waals surface area contributed by atoms with E-state index in [0.717, 1.165) is 9.77 Å². The molecule has 1 aliphatic heterocycles. The highest BCUT2D eigenvalue weighted by Crippen LogP contribution is 2.37. The lowest BCUT2D eigenvalue weighted by Gasteiger charge is -2.22. The van der Waals surface area contributed by atoms with Gasteiger partial charge < -0.3 is 10.6 Å². The van der Waals surface area contributed by atoms with E-state index in [-0.39, 0.29) is 27.7 Å². The van der Waals surface area contributed by atoms with Gasteiger partial charge in [-0.15, -0.1) is 23.1 Å². The normalized spacial score (nSPS) is 17.7. The van der Waals surface area contributed by atoms with E-state index in [2.05, 4.69) is 10.6 Å². The van der Waals surface area contributed by atoms with E-state index in [0.29, 0.717) is 12.2 Å². The molecular formula is C18H20N2O4S3. The summed E-state index contributed by atoms with van der Waals surface area (Å²) in [5, 5.41) is 7.20. The first-order chi connectivity index (χ1) is 12.8. The molecule has 0 saturated heterocycles. The summed E-state index contributed by atoms with van der Waals surface area (Å²) < 4.78 is 25.4. The SMILES string of the molecule is C[C@@H]1Sc2ccc(S(=O)(=O)C[C@H](C)C(=O)NCc3cccs3)cc2NC1=O. The summed E-state index contributed by atoms with van der Waals surface area (Å²) in [4.78, 5) is 26.0. The highest BCUT2D eigenvalue weighted by Gasteiger charge is 2.27. The van der Waals surface area contributed by atoms with Gasteiger partial charge in [-0.1, -0.05) is 13.0 Å². The summed E-state index contributed by atoms with van der Waals surface area (Å²) >= 11 is 2.92. The molecule has 2 aromatic rings. The van der Waals surface area contributed by atoms with E-state index in [1.54, 1.807) is 19.9 Å². The summed E-state index contributed by atoms with van der Waals surface area (Å²) in [6.45, 7) is 3.78. The minimum atomic E-state index is -3.66. The summed E-state index contributed by atoms with van der Waals surface area (Å²) in [6.07, 6.45) is 0.